The molecule has 0 atom stereocenters. The van der Waals surface area contributed by atoms with Crippen molar-refractivity contribution in [3.8, 4) is 11.5 Å². The minimum Gasteiger partial charge on any atom is -0.495 e. The Morgan fingerprint density at radius 1 is 1.07 bits per heavy atom. The molecule has 0 aliphatic carbocycles. The molecule has 0 aliphatic heterocycles. The fourth-order valence-corrected chi connectivity index (χ4v) is 1.88. The van der Waals surface area contributed by atoms with Gasteiger partial charge in [-0.2, -0.15) is 0 Å². The summed E-state index contributed by atoms with van der Waals surface area (Å²) in [5.74, 6) is 0.635. The van der Waals surface area contributed by atoms with Crippen molar-refractivity contribution in [2.24, 2.45) is 0 Å². The van der Waals surface area contributed by atoms with E-state index in [9.17, 15) is 8.42 Å². The molecule has 0 saturated heterocycles. The van der Waals surface area contributed by atoms with E-state index in [0.29, 0.717) is 11.5 Å². The lowest BCUT2D eigenvalue weighted by Gasteiger charge is -2.09. The highest BCUT2D eigenvalue weighted by atomic mass is 32.2. The number of hydrogen-bond donors (Lipinski definition) is 1. The molecule has 0 spiro atoms. The zero-order chi connectivity index (χ0) is 10.7. The summed E-state index contributed by atoms with van der Waals surface area (Å²) in [6.07, 6.45) is 0. The smallest absolute Gasteiger partial charge is 0.175 e. The van der Waals surface area contributed by atoms with Gasteiger partial charge in [-0.1, -0.05) is 0 Å². The van der Waals surface area contributed by atoms with E-state index in [2.05, 4.69) is 0 Å². The van der Waals surface area contributed by atoms with Gasteiger partial charge in [0.15, 0.2) is 10.7 Å². The quantitative estimate of drug-likeness (QED) is 0.765. The Hall–Kier alpha value is -1.23. The monoisotopic (exact) mass is 216 g/mol. The maximum atomic E-state index is 10.9. The minimum atomic E-state index is -2.71. The Kier molecular flexibility index (Phi) is 3.35. The van der Waals surface area contributed by atoms with Gasteiger partial charge in [0.25, 0.3) is 0 Å². The summed E-state index contributed by atoms with van der Waals surface area (Å²) in [5, 5.41) is 0. The van der Waals surface area contributed by atoms with E-state index < -0.39 is 10.7 Å². The van der Waals surface area contributed by atoms with Crippen molar-refractivity contribution in [1.29, 1.82) is 0 Å². The van der Waals surface area contributed by atoms with E-state index in [1.807, 2.05) is 6.92 Å². The van der Waals surface area contributed by atoms with E-state index in [1.54, 1.807) is 12.1 Å². The first kappa shape index (κ1) is 10.8. The molecule has 0 aromatic heterocycles. The normalized spacial score (nSPS) is 10.3. The van der Waals surface area contributed by atoms with Crippen LogP contribution >= 0.6 is 0 Å². The molecule has 0 bridgehead atoms. The average Bonchev–Trinajstić information content (AvgIpc) is 2.15. The zero-order valence-corrected chi connectivity index (χ0v) is 9.13. The molecule has 0 radical (unpaired) electrons. The molecule has 0 fully saturated rings. The van der Waals surface area contributed by atoms with Crippen molar-refractivity contribution in [1.82, 2.24) is 0 Å². The Balaban J connectivity index is 3.48. The third-order valence-corrected chi connectivity index (χ3v) is 2.61. The summed E-state index contributed by atoms with van der Waals surface area (Å²) >= 11 is 0. The second-order valence-electron chi connectivity index (χ2n) is 2.78. The molecule has 1 aromatic rings. The summed E-state index contributed by atoms with van der Waals surface area (Å²) in [4.78, 5) is 0.0931. The maximum absolute atomic E-state index is 10.9. The standard InChI is InChI=1S/C9H12O4S/c1-6-4-7(12-2)9(14(10)11)8(5-6)13-3/h4-5,14H,1-3H3. The molecule has 5 heteroatoms. The number of methoxy groups -OCH3 is 2. The van der Waals surface area contributed by atoms with Gasteiger partial charge in [0, 0.05) is 0 Å². The van der Waals surface area contributed by atoms with E-state index in [-0.39, 0.29) is 4.90 Å². The second-order valence-corrected chi connectivity index (χ2v) is 3.74. The predicted octanol–water partition coefficient (Wildman–Crippen LogP) is 0.983. The van der Waals surface area contributed by atoms with Gasteiger partial charge >= 0.3 is 0 Å². The van der Waals surface area contributed by atoms with Crippen LogP contribution in [-0.2, 0) is 10.7 Å². The molecular weight excluding hydrogens is 204 g/mol. The van der Waals surface area contributed by atoms with Crippen LogP contribution in [0.15, 0.2) is 17.0 Å². The number of ether oxygens (including phenoxy) is 2. The van der Waals surface area contributed by atoms with Crippen molar-refractivity contribution < 1.29 is 17.9 Å². The van der Waals surface area contributed by atoms with Crippen LogP contribution in [0.4, 0.5) is 0 Å². The molecule has 1 rings (SSSR count). The SMILES string of the molecule is COc1cc(C)cc(OC)c1[SH](=O)=O. The van der Waals surface area contributed by atoms with Crippen LogP contribution < -0.4 is 9.47 Å². The van der Waals surface area contributed by atoms with Crippen molar-refractivity contribution >= 4 is 10.7 Å². The number of hydrogen-bond acceptors (Lipinski definition) is 4. The molecule has 0 amide bonds. The van der Waals surface area contributed by atoms with Gasteiger partial charge in [0.05, 0.1) is 14.2 Å². The molecule has 1 aromatic carbocycles. The second kappa shape index (κ2) is 4.32. The van der Waals surface area contributed by atoms with E-state index in [0.717, 1.165) is 5.56 Å². The molecule has 0 unspecified atom stereocenters. The number of thiol groups is 1. The van der Waals surface area contributed by atoms with E-state index in [4.69, 9.17) is 9.47 Å². The summed E-state index contributed by atoms with van der Waals surface area (Å²) in [5.41, 5.74) is 0.888. The highest BCUT2D eigenvalue weighted by Gasteiger charge is 2.13. The van der Waals surface area contributed by atoms with Crippen molar-refractivity contribution in [2.75, 3.05) is 14.2 Å². The molecule has 0 heterocycles. The number of aryl methyl sites for hydroxylation is 1. The topological polar surface area (TPSA) is 52.6 Å². The van der Waals surface area contributed by atoms with E-state index in [1.165, 1.54) is 14.2 Å². The Morgan fingerprint density at radius 3 is 1.79 bits per heavy atom. The number of benzene rings is 1. The van der Waals surface area contributed by atoms with Gasteiger partial charge in [0.2, 0.25) is 0 Å². The van der Waals surface area contributed by atoms with Gasteiger partial charge in [0.1, 0.15) is 16.4 Å². The van der Waals surface area contributed by atoms with Crippen molar-refractivity contribution in [3.63, 3.8) is 0 Å². The van der Waals surface area contributed by atoms with Gasteiger partial charge < -0.3 is 9.47 Å². The fourth-order valence-electron chi connectivity index (χ4n) is 1.20. The third-order valence-electron chi connectivity index (χ3n) is 1.81. The summed E-state index contributed by atoms with van der Waals surface area (Å²) in [6, 6.07) is 3.31. The van der Waals surface area contributed by atoms with Crippen LogP contribution in [0, 0.1) is 6.92 Å². The molecule has 0 aliphatic rings. The molecular formula is C9H12O4S. The molecule has 14 heavy (non-hydrogen) atoms. The molecule has 78 valence electrons. The van der Waals surface area contributed by atoms with Crippen LogP contribution in [-0.4, -0.2) is 22.6 Å². The van der Waals surface area contributed by atoms with Gasteiger partial charge in [-0.15, -0.1) is 0 Å². The summed E-state index contributed by atoms with van der Waals surface area (Å²) < 4.78 is 31.8. The van der Waals surface area contributed by atoms with Crippen LogP contribution in [0.5, 0.6) is 11.5 Å². The first-order valence-electron chi connectivity index (χ1n) is 3.97. The highest BCUT2D eigenvalue weighted by Crippen LogP contribution is 2.31. The Morgan fingerprint density at radius 2 is 1.50 bits per heavy atom. The molecule has 4 nitrogen and oxygen atoms in total. The maximum Gasteiger partial charge on any atom is 0.175 e. The van der Waals surface area contributed by atoms with Gasteiger partial charge in [-0.25, -0.2) is 8.42 Å². The fraction of sp³-hybridized carbons (Fsp3) is 0.333. The van der Waals surface area contributed by atoms with Crippen LogP contribution in [0.25, 0.3) is 0 Å². The lowest BCUT2D eigenvalue weighted by atomic mass is 10.2. The lowest BCUT2D eigenvalue weighted by Crippen LogP contribution is -1.96. The zero-order valence-electron chi connectivity index (χ0n) is 8.23. The van der Waals surface area contributed by atoms with E-state index >= 15 is 0 Å². The largest absolute Gasteiger partial charge is 0.495 e. The highest BCUT2D eigenvalue weighted by molar-refractivity contribution is 7.72. The average molecular weight is 216 g/mol. The predicted molar refractivity (Wildman–Crippen MR) is 52.9 cm³/mol. The first-order chi connectivity index (χ1) is 6.60. The van der Waals surface area contributed by atoms with Crippen molar-refractivity contribution in [2.45, 2.75) is 11.8 Å². The third kappa shape index (κ3) is 1.98. The van der Waals surface area contributed by atoms with Crippen LogP contribution in [0.2, 0.25) is 0 Å². The lowest BCUT2D eigenvalue weighted by molar-refractivity contribution is 0.374. The van der Waals surface area contributed by atoms with Crippen LogP contribution in [0.1, 0.15) is 5.56 Å². The van der Waals surface area contributed by atoms with Crippen molar-refractivity contribution in [3.05, 3.63) is 17.7 Å². The summed E-state index contributed by atoms with van der Waals surface area (Å²) in [7, 11) is 0.143. The summed E-state index contributed by atoms with van der Waals surface area (Å²) in [6.45, 7) is 1.84. The Labute approximate surface area is 84.4 Å². The van der Waals surface area contributed by atoms with Gasteiger partial charge in [-0.3, -0.25) is 0 Å². The van der Waals surface area contributed by atoms with Gasteiger partial charge in [-0.05, 0) is 24.6 Å². The molecule has 0 N–H and O–H groups in total. The number of rotatable bonds is 3. The Bertz CT molecular complexity index is 376. The van der Waals surface area contributed by atoms with Crippen LogP contribution in [0.3, 0.4) is 0 Å². The first-order valence-corrected chi connectivity index (χ1v) is 5.15. The molecule has 0 saturated carbocycles. The minimum absolute atomic E-state index is 0.0931.